The van der Waals surface area contributed by atoms with Crippen LogP contribution in [0.1, 0.15) is 37.7 Å². The third-order valence-electron chi connectivity index (χ3n) is 5.65. The summed E-state index contributed by atoms with van der Waals surface area (Å²) in [5, 5.41) is 13.2. The highest BCUT2D eigenvalue weighted by atomic mass is 35.5. The van der Waals surface area contributed by atoms with Gasteiger partial charge >= 0.3 is 5.97 Å². The van der Waals surface area contributed by atoms with Gasteiger partial charge < -0.3 is 19.7 Å². The number of nitriles is 1. The van der Waals surface area contributed by atoms with Crippen molar-refractivity contribution in [1.29, 1.82) is 5.26 Å². The van der Waals surface area contributed by atoms with Crippen molar-refractivity contribution in [3.8, 4) is 11.8 Å². The number of methoxy groups -OCH3 is 1. The minimum absolute atomic E-state index is 0.0468. The van der Waals surface area contributed by atoms with Crippen molar-refractivity contribution in [3.05, 3.63) is 39.4 Å². The van der Waals surface area contributed by atoms with Gasteiger partial charge in [0.2, 0.25) is 11.8 Å². The predicted molar refractivity (Wildman–Crippen MR) is 125 cm³/mol. The van der Waals surface area contributed by atoms with Crippen LogP contribution in [0.3, 0.4) is 0 Å². The van der Waals surface area contributed by atoms with Crippen molar-refractivity contribution in [2.45, 2.75) is 32.1 Å². The van der Waals surface area contributed by atoms with Crippen molar-refractivity contribution >= 4 is 41.1 Å². The monoisotopic (exact) mass is 491 g/mol. The molecule has 2 aliphatic heterocycles. The first kappa shape index (κ1) is 24.9. The van der Waals surface area contributed by atoms with E-state index in [4.69, 9.17) is 21.1 Å². The lowest BCUT2D eigenvalue weighted by Gasteiger charge is -2.31. The summed E-state index contributed by atoms with van der Waals surface area (Å²) in [4.78, 5) is 39.9. The molecular weight excluding hydrogens is 466 g/mol. The number of nitrogens with one attached hydrogen (secondary N) is 1. The van der Waals surface area contributed by atoms with E-state index < -0.39 is 23.7 Å². The zero-order valence-electron chi connectivity index (χ0n) is 18.6. The quantitative estimate of drug-likeness (QED) is 0.460. The lowest BCUT2D eigenvalue weighted by Crippen LogP contribution is -2.44. The summed E-state index contributed by atoms with van der Waals surface area (Å²) in [7, 11) is 1.19. The van der Waals surface area contributed by atoms with Crippen LogP contribution in [0.2, 0.25) is 5.02 Å². The fourth-order valence-corrected chi connectivity index (χ4v) is 5.23. The van der Waals surface area contributed by atoms with Gasteiger partial charge in [-0.3, -0.25) is 14.4 Å². The minimum atomic E-state index is -1.26. The van der Waals surface area contributed by atoms with E-state index in [1.54, 1.807) is 23.1 Å². The Kier molecular flexibility index (Phi) is 8.64. The van der Waals surface area contributed by atoms with Gasteiger partial charge in [-0.15, -0.1) is 0 Å². The van der Waals surface area contributed by atoms with Gasteiger partial charge in [0.25, 0.3) is 0 Å². The van der Waals surface area contributed by atoms with Gasteiger partial charge in [-0.25, -0.2) is 0 Å². The first-order valence-corrected chi connectivity index (χ1v) is 12.1. The molecule has 2 aliphatic rings. The van der Waals surface area contributed by atoms with E-state index in [1.165, 1.54) is 7.11 Å². The topological polar surface area (TPSA) is 109 Å². The number of halogens is 1. The maximum absolute atomic E-state index is 12.9. The van der Waals surface area contributed by atoms with E-state index in [0.29, 0.717) is 36.0 Å². The molecule has 176 valence electrons. The number of thioether (sulfide) groups is 1. The minimum Gasteiger partial charge on any atom is -0.492 e. The number of hydrogen-bond donors (Lipinski definition) is 1. The highest BCUT2D eigenvalue weighted by Gasteiger charge is 2.44. The standard InChI is InChI=1S/C23H26ClN3O5S/c1-3-32-17-8-7-14(11-16(17)24)19-15(12-25)22(26-21(29)20(19)23(30)31-2)33-13-18(28)27-9-5-4-6-10-27/h7-8,11,19-20H,3-6,9-10,13H2,1-2H3,(H,26,29)/t19-,20+/m0/s1. The van der Waals surface area contributed by atoms with Crippen LogP contribution in [-0.4, -0.2) is 55.2 Å². The first-order chi connectivity index (χ1) is 15.9. The molecule has 1 aromatic rings. The molecule has 0 aromatic heterocycles. The number of benzene rings is 1. The molecule has 1 N–H and O–H groups in total. The van der Waals surface area contributed by atoms with Gasteiger partial charge in [-0.1, -0.05) is 29.4 Å². The maximum atomic E-state index is 12.9. The number of piperidine rings is 1. The normalized spacial score (nSPS) is 20.7. The summed E-state index contributed by atoms with van der Waals surface area (Å²) in [5.41, 5.74) is 0.687. The van der Waals surface area contributed by atoms with Crippen LogP contribution in [0.25, 0.3) is 0 Å². The lowest BCUT2D eigenvalue weighted by atomic mass is 9.78. The van der Waals surface area contributed by atoms with E-state index >= 15 is 0 Å². The molecule has 1 saturated heterocycles. The Morgan fingerprint density at radius 1 is 1.30 bits per heavy atom. The molecule has 0 aliphatic carbocycles. The first-order valence-electron chi connectivity index (χ1n) is 10.8. The molecule has 33 heavy (non-hydrogen) atoms. The number of amides is 2. The molecule has 2 heterocycles. The predicted octanol–water partition coefficient (Wildman–Crippen LogP) is 3.22. The van der Waals surface area contributed by atoms with Gasteiger partial charge in [0.05, 0.1) is 41.2 Å². The number of nitrogens with zero attached hydrogens (tertiary/aromatic N) is 2. The van der Waals surface area contributed by atoms with Gasteiger partial charge in [0.15, 0.2) is 0 Å². The number of hydrogen-bond acceptors (Lipinski definition) is 7. The number of carbonyl (C=O) groups excluding carboxylic acids is 3. The fourth-order valence-electron chi connectivity index (χ4n) is 4.03. The Hall–Kier alpha value is -2.70. The van der Waals surface area contributed by atoms with E-state index in [1.807, 2.05) is 6.92 Å². The number of likely N-dealkylation sites (tertiary alicyclic amines) is 1. The Morgan fingerprint density at radius 2 is 2.03 bits per heavy atom. The van der Waals surface area contributed by atoms with Crippen LogP contribution in [0.5, 0.6) is 5.75 Å². The van der Waals surface area contributed by atoms with Crippen molar-refractivity contribution in [3.63, 3.8) is 0 Å². The third-order valence-corrected chi connectivity index (χ3v) is 6.94. The second kappa shape index (κ2) is 11.4. The highest BCUT2D eigenvalue weighted by molar-refractivity contribution is 8.03. The molecule has 0 unspecified atom stereocenters. The molecule has 2 atom stereocenters. The maximum Gasteiger partial charge on any atom is 0.319 e. The Morgan fingerprint density at radius 3 is 2.64 bits per heavy atom. The second-order valence-electron chi connectivity index (χ2n) is 7.68. The second-order valence-corrected chi connectivity index (χ2v) is 9.07. The highest BCUT2D eigenvalue weighted by Crippen LogP contribution is 2.42. The van der Waals surface area contributed by atoms with Crippen LogP contribution < -0.4 is 10.1 Å². The molecule has 0 saturated carbocycles. The number of ether oxygens (including phenoxy) is 2. The average molecular weight is 492 g/mol. The Labute approximate surface area is 202 Å². The average Bonchev–Trinajstić information content (AvgIpc) is 2.83. The van der Waals surface area contributed by atoms with Crippen LogP contribution in [0, 0.1) is 17.2 Å². The molecule has 10 heteroatoms. The van der Waals surface area contributed by atoms with Gasteiger partial charge in [-0.2, -0.15) is 5.26 Å². The van der Waals surface area contributed by atoms with Gasteiger partial charge in [0.1, 0.15) is 11.7 Å². The molecular formula is C23H26ClN3O5S. The molecule has 2 amide bonds. The number of carbonyl (C=O) groups is 3. The fraction of sp³-hybridized carbons (Fsp3) is 0.478. The molecule has 8 nitrogen and oxygen atoms in total. The Balaban J connectivity index is 1.95. The summed E-state index contributed by atoms with van der Waals surface area (Å²) < 4.78 is 10.3. The Bertz CT molecular complexity index is 1000. The van der Waals surface area contributed by atoms with E-state index in [-0.39, 0.29) is 22.3 Å². The van der Waals surface area contributed by atoms with Gasteiger partial charge in [-0.05, 0) is 43.9 Å². The summed E-state index contributed by atoms with van der Waals surface area (Å²) >= 11 is 7.44. The number of allylic oxidation sites excluding steroid dienone is 1. The summed E-state index contributed by atoms with van der Waals surface area (Å²) in [5.74, 6) is -3.03. The van der Waals surface area contributed by atoms with E-state index in [2.05, 4.69) is 11.4 Å². The SMILES string of the molecule is CCOc1ccc([C@H]2C(C#N)=C(SCC(=O)N3CCCCC3)NC(=O)[C@@H]2C(=O)OC)cc1Cl. The van der Waals surface area contributed by atoms with Crippen molar-refractivity contribution < 1.29 is 23.9 Å². The zero-order valence-corrected chi connectivity index (χ0v) is 20.1. The van der Waals surface area contributed by atoms with Crippen LogP contribution in [0.4, 0.5) is 0 Å². The zero-order chi connectivity index (χ0) is 24.0. The van der Waals surface area contributed by atoms with Crippen LogP contribution in [0.15, 0.2) is 28.8 Å². The van der Waals surface area contributed by atoms with Crippen molar-refractivity contribution in [1.82, 2.24) is 10.2 Å². The molecule has 1 aromatic carbocycles. The molecule has 0 bridgehead atoms. The summed E-state index contributed by atoms with van der Waals surface area (Å²) in [6.07, 6.45) is 3.05. The summed E-state index contributed by atoms with van der Waals surface area (Å²) in [6, 6.07) is 7.04. The van der Waals surface area contributed by atoms with E-state index in [9.17, 15) is 19.6 Å². The molecule has 0 radical (unpaired) electrons. The molecule has 3 rings (SSSR count). The van der Waals surface area contributed by atoms with Crippen molar-refractivity contribution in [2.24, 2.45) is 5.92 Å². The molecule has 1 fully saturated rings. The van der Waals surface area contributed by atoms with Gasteiger partial charge in [0, 0.05) is 19.0 Å². The number of esters is 1. The van der Waals surface area contributed by atoms with Crippen LogP contribution in [-0.2, 0) is 19.1 Å². The summed E-state index contributed by atoms with van der Waals surface area (Å²) in [6.45, 7) is 3.68. The molecule has 0 spiro atoms. The smallest absolute Gasteiger partial charge is 0.319 e. The largest absolute Gasteiger partial charge is 0.492 e. The van der Waals surface area contributed by atoms with Crippen molar-refractivity contribution in [2.75, 3.05) is 32.6 Å². The van der Waals surface area contributed by atoms with E-state index in [0.717, 1.165) is 31.0 Å². The number of rotatable bonds is 7. The van der Waals surface area contributed by atoms with Crippen LogP contribution >= 0.6 is 23.4 Å². The third kappa shape index (κ3) is 5.63. The lowest BCUT2D eigenvalue weighted by molar-refractivity contribution is -0.150.